The molecule has 10 aromatic carbocycles. The van der Waals surface area contributed by atoms with Crippen LogP contribution in [0.3, 0.4) is 0 Å². The molecule has 12 rings (SSSR count). The number of anilines is 3. The Balaban J connectivity index is 0.909. The fourth-order valence-electron chi connectivity index (χ4n) is 10.1. The standard InChI is InChI=1S/C61H44N2/c1-61(2)57-19-8-5-16-53(57)54-37-30-48(40-58(54)61)44-28-35-51(36-29-44)62(50-33-26-43(27-34-50)47-23-22-41-12-3-4-13-45(41)38-47)49-31-24-42(25-32-49)46-14-11-15-52(39-46)63-59-20-9-6-17-55(59)56-18-7-10-21-60(56)63/h3-40H,1-2H3. The molecule has 0 bridgehead atoms. The van der Waals surface area contributed by atoms with Crippen LogP contribution in [0.15, 0.2) is 231 Å². The van der Waals surface area contributed by atoms with Crippen molar-refractivity contribution < 1.29 is 0 Å². The van der Waals surface area contributed by atoms with Gasteiger partial charge in [0.05, 0.1) is 11.0 Å². The van der Waals surface area contributed by atoms with Gasteiger partial charge in [0.15, 0.2) is 0 Å². The number of aromatic nitrogens is 1. The van der Waals surface area contributed by atoms with Gasteiger partial charge in [-0.1, -0.05) is 172 Å². The van der Waals surface area contributed by atoms with Crippen LogP contribution in [0.25, 0.3) is 82.8 Å². The normalized spacial score (nSPS) is 12.7. The molecule has 1 aromatic heterocycles. The van der Waals surface area contributed by atoms with E-state index in [1.165, 1.54) is 88.2 Å². The maximum Gasteiger partial charge on any atom is 0.0541 e. The van der Waals surface area contributed by atoms with Gasteiger partial charge in [0.25, 0.3) is 0 Å². The Kier molecular flexibility index (Phi) is 8.55. The quantitative estimate of drug-likeness (QED) is 0.156. The largest absolute Gasteiger partial charge is 0.311 e. The first-order valence-electron chi connectivity index (χ1n) is 21.9. The number of benzene rings is 10. The minimum Gasteiger partial charge on any atom is -0.311 e. The van der Waals surface area contributed by atoms with E-state index >= 15 is 0 Å². The molecule has 0 radical (unpaired) electrons. The average Bonchev–Trinajstić information content (AvgIpc) is 3.80. The molecule has 0 spiro atoms. The van der Waals surface area contributed by atoms with Gasteiger partial charge in [-0.3, -0.25) is 0 Å². The Labute approximate surface area is 368 Å². The first-order valence-corrected chi connectivity index (χ1v) is 21.9. The maximum absolute atomic E-state index is 2.41. The van der Waals surface area contributed by atoms with Gasteiger partial charge in [-0.2, -0.15) is 0 Å². The summed E-state index contributed by atoms with van der Waals surface area (Å²) in [4.78, 5) is 2.37. The third-order valence-corrected chi connectivity index (χ3v) is 13.4. The van der Waals surface area contributed by atoms with Gasteiger partial charge in [0.2, 0.25) is 0 Å². The summed E-state index contributed by atoms with van der Waals surface area (Å²) < 4.78 is 2.39. The summed E-state index contributed by atoms with van der Waals surface area (Å²) in [6.45, 7) is 4.70. The Hall–Kier alpha value is -7.94. The summed E-state index contributed by atoms with van der Waals surface area (Å²) in [6, 6.07) is 84.6. The number of rotatable bonds is 7. The molecule has 0 N–H and O–H groups in total. The van der Waals surface area contributed by atoms with E-state index in [9.17, 15) is 0 Å². The first kappa shape index (κ1) is 36.9. The molecular weight excluding hydrogens is 761 g/mol. The molecule has 0 saturated carbocycles. The van der Waals surface area contributed by atoms with E-state index in [1.807, 2.05) is 0 Å². The van der Waals surface area contributed by atoms with Gasteiger partial charge in [-0.05, 0) is 139 Å². The number of hydrogen-bond donors (Lipinski definition) is 0. The third kappa shape index (κ3) is 6.17. The minimum atomic E-state index is -0.0454. The molecule has 11 aromatic rings. The van der Waals surface area contributed by atoms with E-state index in [-0.39, 0.29) is 5.41 Å². The van der Waals surface area contributed by atoms with Crippen molar-refractivity contribution in [3.05, 3.63) is 242 Å². The van der Waals surface area contributed by atoms with Crippen LogP contribution in [0.5, 0.6) is 0 Å². The van der Waals surface area contributed by atoms with Crippen LogP contribution in [0, 0.1) is 0 Å². The highest BCUT2D eigenvalue weighted by Gasteiger charge is 2.35. The van der Waals surface area contributed by atoms with Crippen LogP contribution in [0.4, 0.5) is 17.1 Å². The van der Waals surface area contributed by atoms with E-state index in [4.69, 9.17) is 0 Å². The summed E-state index contributed by atoms with van der Waals surface area (Å²) in [5.74, 6) is 0. The highest BCUT2D eigenvalue weighted by molar-refractivity contribution is 6.09. The molecule has 0 atom stereocenters. The van der Waals surface area contributed by atoms with Gasteiger partial charge in [-0.15, -0.1) is 0 Å². The predicted molar refractivity (Wildman–Crippen MR) is 267 cm³/mol. The fourth-order valence-corrected chi connectivity index (χ4v) is 10.1. The van der Waals surface area contributed by atoms with Crippen molar-refractivity contribution in [2.75, 3.05) is 4.90 Å². The van der Waals surface area contributed by atoms with Crippen molar-refractivity contribution in [2.24, 2.45) is 0 Å². The van der Waals surface area contributed by atoms with Crippen molar-refractivity contribution in [2.45, 2.75) is 19.3 Å². The predicted octanol–water partition coefficient (Wildman–Crippen LogP) is 16.7. The zero-order valence-electron chi connectivity index (χ0n) is 35.3. The molecule has 2 nitrogen and oxygen atoms in total. The summed E-state index contributed by atoms with van der Waals surface area (Å²) in [5, 5.41) is 5.04. The van der Waals surface area contributed by atoms with Crippen LogP contribution >= 0.6 is 0 Å². The van der Waals surface area contributed by atoms with Crippen molar-refractivity contribution in [3.63, 3.8) is 0 Å². The lowest BCUT2D eigenvalue weighted by molar-refractivity contribution is 0.660. The van der Waals surface area contributed by atoms with Gasteiger partial charge < -0.3 is 9.47 Å². The zero-order chi connectivity index (χ0) is 42.1. The van der Waals surface area contributed by atoms with Crippen molar-refractivity contribution in [3.8, 4) is 50.2 Å². The van der Waals surface area contributed by atoms with Crippen LogP contribution < -0.4 is 4.90 Å². The second-order valence-corrected chi connectivity index (χ2v) is 17.4. The summed E-state index contributed by atoms with van der Waals surface area (Å²) in [6.07, 6.45) is 0. The molecule has 1 aliphatic carbocycles. The van der Waals surface area contributed by atoms with Gasteiger partial charge >= 0.3 is 0 Å². The maximum atomic E-state index is 2.41. The number of nitrogens with zero attached hydrogens (tertiary/aromatic N) is 2. The highest BCUT2D eigenvalue weighted by atomic mass is 15.1. The molecule has 298 valence electrons. The van der Waals surface area contributed by atoms with Gasteiger partial charge in [0, 0.05) is 38.9 Å². The van der Waals surface area contributed by atoms with E-state index in [2.05, 4.69) is 254 Å². The second-order valence-electron chi connectivity index (χ2n) is 17.4. The van der Waals surface area contributed by atoms with E-state index < -0.39 is 0 Å². The van der Waals surface area contributed by atoms with Gasteiger partial charge in [0.1, 0.15) is 0 Å². The number of para-hydroxylation sites is 2. The van der Waals surface area contributed by atoms with Crippen LogP contribution in [-0.2, 0) is 5.41 Å². The topological polar surface area (TPSA) is 8.17 Å². The summed E-state index contributed by atoms with van der Waals surface area (Å²) >= 11 is 0. The van der Waals surface area contributed by atoms with E-state index in [0.29, 0.717) is 0 Å². The Bertz CT molecular complexity index is 3460. The Morgan fingerprint density at radius 3 is 1.44 bits per heavy atom. The van der Waals surface area contributed by atoms with Crippen LogP contribution in [-0.4, -0.2) is 4.57 Å². The zero-order valence-corrected chi connectivity index (χ0v) is 35.3. The SMILES string of the molecule is CC1(C)c2ccccc2-c2ccc(-c3ccc(N(c4ccc(-c5cccc(-n6c7ccccc7c7ccccc76)c5)cc4)c4ccc(-c5ccc6ccccc6c5)cc4)cc3)cc21. The molecule has 0 unspecified atom stereocenters. The summed E-state index contributed by atoms with van der Waals surface area (Å²) in [5.41, 5.74) is 19.5. The fraction of sp³-hybridized carbons (Fsp3) is 0.0492. The van der Waals surface area contributed by atoms with Crippen LogP contribution in [0.1, 0.15) is 25.0 Å². The molecule has 0 amide bonds. The molecule has 0 fully saturated rings. The average molecular weight is 805 g/mol. The lowest BCUT2D eigenvalue weighted by Gasteiger charge is -2.26. The lowest BCUT2D eigenvalue weighted by atomic mass is 9.81. The molecule has 2 heteroatoms. The van der Waals surface area contributed by atoms with E-state index in [1.54, 1.807) is 0 Å². The molecule has 1 heterocycles. The van der Waals surface area contributed by atoms with Crippen molar-refractivity contribution in [1.82, 2.24) is 4.57 Å². The van der Waals surface area contributed by atoms with Crippen molar-refractivity contribution in [1.29, 1.82) is 0 Å². The Morgan fingerprint density at radius 2 is 0.810 bits per heavy atom. The molecule has 1 aliphatic rings. The number of hydrogen-bond acceptors (Lipinski definition) is 1. The lowest BCUT2D eigenvalue weighted by Crippen LogP contribution is -2.14. The highest BCUT2D eigenvalue weighted by Crippen LogP contribution is 2.50. The second kappa shape index (κ2) is 14.6. The Morgan fingerprint density at radius 1 is 0.333 bits per heavy atom. The minimum absolute atomic E-state index is 0.0454. The molecular formula is C61H44N2. The van der Waals surface area contributed by atoms with Crippen LogP contribution in [0.2, 0.25) is 0 Å². The first-order chi connectivity index (χ1) is 31.0. The smallest absolute Gasteiger partial charge is 0.0541 e. The van der Waals surface area contributed by atoms with Gasteiger partial charge in [-0.25, -0.2) is 0 Å². The van der Waals surface area contributed by atoms with Crippen molar-refractivity contribution >= 4 is 49.6 Å². The number of fused-ring (bicyclic) bond motifs is 7. The molecule has 63 heavy (non-hydrogen) atoms. The molecule has 0 aliphatic heterocycles. The third-order valence-electron chi connectivity index (χ3n) is 13.4. The monoisotopic (exact) mass is 804 g/mol. The van der Waals surface area contributed by atoms with E-state index in [0.717, 1.165) is 22.7 Å². The molecule has 0 saturated heterocycles. The summed E-state index contributed by atoms with van der Waals surface area (Å²) in [7, 11) is 0.